The summed E-state index contributed by atoms with van der Waals surface area (Å²) in [5.74, 6) is 2.17. The van der Waals surface area contributed by atoms with Crippen molar-refractivity contribution < 1.29 is 0 Å². The standard InChI is InChI=1S/C11H12N2S4/c1-14-10-12-13-11(17-10)16-8-7-15-9-5-3-2-4-6-9/h2-6H,7-8H2,1H3. The number of benzene rings is 1. The van der Waals surface area contributed by atoms with Gasteiger partial charge in [-0.1, -0.05) is 53.1 Å². The fourth-order valence-corrected chi connectivity index (χ4v) is 4.55. The van der Waals surface area contributed by atoms with E-state index >= 15 is 0 Å². The molecule has 0 aliphatic rings. The molecule has 0 bridgehead atoms. The quantitative estimate of drug-likeness (QED) is 0.590. The maximum atomic E-state index is 4.13. The van der Waals surface area contributed by atoms with Crippen molar-refractivity contribution in [1.29, 1.82) is 0 Å². The summed E-state index contributed by atoms with van der Waals surface area (Å²) in [7, 11) is 0. The molecule has 6 heteroatoms. The van der Waals surface area contributed by atoms with E-state index in [9.17, 15) is 0 Å². The first-order valence-electron chi connectivity index (χ1n) is 5.06. The minimum Gasteiger partial charge on any atom is -0.131 e. The second-order valence-corrected chi connectivity index (χ2v) is 7.59. The number of hydrogen-bond acceptors (Lipinski definition) is 6. The molecule has 1 heterocycles. The maximum Gasteiger partial charge on any atom is 0.175 e. The fourth-order valence-electron chi connectivity index (χ4n) is 1.14. The Bertz CT molecular complexity index is 444. The van der Waals surface area contributed by atoms with Gasteiger partial charge in [0.25, 0.3) is 0 Å². The first-order valence-corrected chi connectivity index (χ1v) is 9.08. The topological polar surface area (TPSA) is 25.8 Å². The normalized spacial score (nSPS) is 10.6. The highest BCUT2D eigenvalue weighted by molar-refractivity contribution is 8.04. The predicted molar refractivity (Wildman–Crippen MR) is 79.6 cm³/mol. The van der Waals surface area contributed by atoms with Gasteiger partial charge in [0.2, 0.25) is 0 Å². The van der Waals surface area contributed by atoms with Gasteiger partial charge in [-0.3, -0.25) is 0 Å². The molecule has 0 N–H and O–H groups in total. The predicted octanol–water partition coefficient (Wildman–Crippen LogP) is 4.14. The number of nitrogens with zero attached hydrogens (tertiary/aromatic N) is 2. The van der Waals surface area contributed by atoms with E-state index in [4.69, 9.17) is 0 Å². The van der Waals surface area contributed by atoms with E-state index in [0.717, 1.165) is 20.2 Å². The second-order valence-electron chi connectivity index (χ2n) is 3.05. The van der Waals surface area contributed by atoms with Crippen LogP contribution in [0.5, 0.6) is 0 Å². The highest BCUT2D eigenvalue weighted by Crippen LogP contribution is 2.28. The molecule has 0 radical (unpaired) electrons. The van der Waals surface area contributed by atoms with E-state index in [1.807, 2.05) is 24.1 Å². The molecular weight excluding hydrogens is 288 g/mol. The number of thioether (sulfide) groups is 3. The van der Waals surface area contributed by atoms with Crippen molar-refractivity contribution in [3.05, 3.63) is 30.3 Å². The Kier molecular flexibility index (Phi) is 5.70. The summed E-state index contributed by atoms with van der Waals surface area (Å²) in [5.41, 5.74) is 0. The molecule has 1 aromatic carbocycles. The zero-order valence-electron chi connectivity index (χ0n) is 9.33. The zero-order chi connectivity index (χ0) is 11.9. The van der Waals surface area contributed by atoms with Gasteiger partial charge in [-0.25, -0.2) is 0 Å². The molecule has 0 aliphatic heterocycles. The average molecular weight is 300 g/mol. The zero-order valence-corrected chi connectivity index (χ0v) is 12.6. The van der Waals surface area contributed by atoms with E-state index in [1.54, 1.807) is 34.9 Å². The van der Waals surface area contributed by atoms with Gasteiger partial charge in [-0.05, 0) is 18.4 Å². The first-order chi connectivity index (χ1) is 8.38. The molecule has 0 aliphatic carbocycles. The second kappa shape index (κ2) is 7.31. The third-order valence-electron chi connectivity index (χ3n) is 1.88. The third-order valence-corrected chi connectivity index (χ3v) is 6.19. The molecule has 1 aromatic heterocycles. The lowest BCUT2D eigenvalue weighted by Crippen LogP contribution is -1.83. The summed E-state index contributed by atoms with van der Waals surface area (Å²) in [6.07, 6.45) is 2.03. The van der Waals surface area contributed by atoms with E-state index in [-0.39, 0.29) is 0 Å². The van der Waals surface area contributed by atoms with Crippen molar-refractivity contribution in [2.24, 2.45) is 0 Å². The molecule has 0 amide bonds. The van der Waals surface area contributed by atoms with E-state index < -0.39 is 0 Å². The highest BCUT2D eigenvalue weighted by Gasteiger charge is 2.03. The average Bonchev–Trinajstić information content (AvgIpc) is 2.84. The fraction of sp³-hybridized carbons (Fsp3) is 0.273. The van der Waals surface area contributed by atoms with Crippen LogP contribution < -0.4 is 0 Å². The van der Waals surface area contributed by atoms with Crippen LogP contribution in [0.1, 0.15) is 0 Å². The third kappa shape index (κ3) is 4.54. The Morgan fingerprint density at radius 2 is 1.71 bits per heavy atom. The van der Waals surface area contributed by atoms with E-state index in [0.29, 0.717) is 0 Å². The van der Waals surface area contributed by atoms with Crippen LogP contribution in [-0.2, 0) is 0 Å². The minimum atomic E-state index is 1.04. The van der Waals surface area contributed by atoms with Gasteiger partial charge in [-0.15, -0.1) is 22.0 Å². The van der Waals surface area contributed by atoms with Gasteiger partial charge in [-0.2, -0.15) is 0 Å². The lowest BCUT2D eigenvalue weighted by molar-refractivity contribution is 0.956. The lowest BCUT2D eigenvalue weighted by atomic mass is 10.4. The van der Waals surface area contributed by atoms with Crippen LogP contribution in [0.3, 0.4) is 0 Å². The summed E-state index contributed by atoms with van der Waals surface area (Å²) in [6.45, 7) is 0. The summed E-state index contributed by atoms with van der Waals surface area (Å²) in [6, 6.07) is 10.5. The van der Waals surface area contributed by atoms with Crippen LogP contribution in [0.15, 0.2) is 43.9 Å². The molecule has 0 saturated carbocycles. The SMILES string of the molecule is CSc1nnc(SCCSc2ccccc2)s1. The number of aromatic nitrogens is 2. The van der Waals surface area contributed by atoms with Crippen molar-refractivity contribution in [2.75, 3.05) is 17.8 Å². The molecule has 0 saturated heterocycles. The van der Waals surface area contributed by atoms with Crippen molar-refractivity contribution in [2.45, 2.75) is 13.6 Å². The Morgan fingerprint density at radius 3 is 2.41 bits per heavy atom. The van der Waals surface area contributed by atoms with Crippen molar-refractivity contribution in [3.63, 3.8) is 0 Å². The Balaban J connectivity index is 1.69. The molecular formula is C11H12N2S4. The largest absolute Gasteiger partial charge is 0.175 e. The van der Waals surface area contributed by atoms with Crippen LogP contribution in [0.4, 0.5) is 0 Å². The number of rotatable bonds is 6. The molecule has 17 heavy (non-hydrogen) atoms. The first kappa shape index (κ1) is 13.3. The van der Waals surface area contributed by atoms with Crippen molar-refractivity contribution in [1.82, 2.24) is 10.2 Å². The smallest absolute Gasteiger partial charge is 0.131 e. The van der Waals surface area contributed by atoms with E-state index in [1.165, 1.54) is 4.90 Å². The monoisotopic (exact) mass is 300 g/mol. The molecule has 0 unspecified atom stereocenters. The summed E-state index contributed by atoms with van der Waals surface area (Å²) in [5, 5.41) is 8.21. The molecule has 2 nitrogen and oxygen atoms in total. The van der Waals surface area contributed by atoms with Crippen molar-refractivity contribution >= 4 is 46.6 Å². The molecule has 2 aromatic rings. The van der Waals surface area contributed by atoms with Crippen LogP contribution in [0.25, 0.3) is 0 Å². The minimum absolute atomic E-state index is 1.04. The number of hydrogen-bond donors (Lipinski definition) is 0. The van der Waals surface area contributed by atoms with Crippen molar-refractivity contribution in [3.8, 4) is 0 Å². The molecule has 2 rings (SSSR count). The van der Waals surface area contributed by atoms with Gasteiger partial charge in [0.05, 0.1) is 0 Å². The van der Waals surface area contributed by atoms with E-state index in [2.05, 4.69) is 34.5 Å². The van der Waals surface area contributed by atoms with Gasteiger partial charge in [0.15, 0.2) is 8.68 Å². The summed E-state index contributed by atoms with van der Waals surface area (Å²) >= 11 is 6.99. The van der Waals surface area contributed by atoms with Crippen LogP contribution >= 0.6 is 46.6 Å². The highest BCUT2D eigenvalue weighted by atomic mass is 32.2. The summed E-state index contributed by atoms with van der Waals surface area (Å²) < 4.78 is 2.12. The maximum absolute atomic E-state index is 4.13. The van der Waals surface area contributed by atoms with Crippen LogP contribution in [0.2, 0.25) is 0 Å². The molecule has 0 atom stereocenters. The molecule has 90 valence electrons. The summed E-state index contributed by atoms with van der Waals surface area (Å²) in [4.78, 5) is 1.33. The van der Waals surface area contributed by atoms with Crippen LogP contribution in [0, 0.1) is 0 Å². The molecule has 0 spiro atoms. The Labute approximate surface area is 118 Å². The Morgan fingerprint density at radius 1 is 1.00 bits per heavy atom. The van der Waals surface area contributed by atoms with Gasteiger partial charge >= 0.3 is 0 Å². The van der Waals surface area contributed by atoms with Crippen LogP contribution in [-0.4, -0.2) is 28.0 Å². The lowest BCUT2D eigenvalue weighted by Gasteiger charge is -1.99. The van der Waals surface area contributed by atoms with Gasteiger partial charge < -0.3 is 0 Å². The van der Waals surface area contributed by atoms with Gasteiger partial charge in [0.1, 0.15) is 0 Å². The van der Waals surface area contributed by atoms with Gasteiger partial charge in [0, 0.05) is 16.4 Å². The Hall–Kier alpha value is -0.170. The molecule has 0 fully saturated rings.